The lowest BCUT2D eigenvalue weighted by molar-refractivity contribution is -0.133. The Morgan fingerprint density at radius 3 is 2.17 bits per heavy atom. The van der Waals surface area contributed by atoms with E-state index in [0.717, 1.165) is 23.2 Å². The second-order valence-electron chi connectivity index (χ2n) is 4.95. The Hall–Kier alpha value is -3.01. The number of allylic oxidation sites excluding steroid dienone is 3. The number of ether oxygens (including phenoxy) is 1. The molecule has 23 heavy (non-hydrogen) atoms. The van der Waals surface area contributed by atoms with Crippen molar-refractivity contribution in [1.82, 2.24) is 0 Å². The number of benzene rings is 2. The maximum absolute atomic E-state index is 11.6. The van der Waals surface area contributed by atoms with E-state index in [1.54, 1.807) is 30.3 Å². The zero-order chi connectivity index (χ0) is 16.5. The Morgan fingerprint density at radius 1 is 0.913 bits per heavy atom. The van der Waals surface area contributed by atoms with Gasteiger partial charge in [0.15, 0.2) is 0 Å². The van der Waals surface area contributed by atoms with Gasteiger partial charge in [0, 0.05) is 11.4 Å². The number of hydrogen-bond donors (Lipinski definition) is 2. The lowest BCUT2D eigenvalue weighted by Gasteiger charge is -1.99. The largest absolute Gasteiger partial charge is 0.434 e. The van der Waals surface area contributed by atoms with Crippen LogP contribution in [0.3, 0.4) is 0 Å². The van der Waals surface area contributed by atoms with E-state index >= 15 is 0 Å². The van der Waals surface area contributed by atoms with Crippen molar-refractivity contribution >= 4 is 17.3 Å². The predicted molar refractivity (Wildman–Crippen MR) is 93.2 cm³/mol. The van der Waals surface area contributed by atoms with Crippen LogP contribution in [0.5, 0.6) is 0 Å². The van der Waals surface area contributed by atoms with Gasteiger partial charge in [0.05, 0.1) is 12.7 Å². The van der Waals surface area contributed by atoms with Gasteiger partial charge in [-0.05, 0) is 47.9 Å². The number of esters is 1. The number of rotatable bonds is 6. The van der Waals surface area contributed by atoms with Crippen molar-refractivity contribution < 1.29 is 9.53 Å². The SMILES string of the molecule is Nc1ccc([CH]C(=O)OC=CC=CCc2ccc(N)cc2)cc1. The summed E-state index contributed by atoms with van der Waals surface area (Å²) in [5, 5.41) is 0. The summed E-state index contributed by atoms with van der Waals surface area (Å²) in [6, 6.07) is 14.7. The summed E-state index contributed by atoms with van der Waals surface area (Å²) >= 11 is 0. The Kier molecular flexibility index (Phi) is 6.00. The van der Waals surface area contributed by atoms with Crippen LogP contribution in [-0.2, 0) is 16.0 Å². The molecule has 0 aliphatic carbocycles. The molecule has 2 aromatic rings. The van der Waals surface area contributed by atoms with E-state index in [0.29, 0.717) is 5.69 Å². The minimum Gasteiger partial charge on any atom is -0.434 e. The molecule has 0 aromatic heterocycles. The molecule has 0 heterocycles. The first-order valence-corrected chi connectivity index (χ1v) is 7.20. The molecule has 4 nitrogen and oxygen atoms in total. The topological polar surface area (TPSA) is 78.3 Å². The molecule has 0 atom stereocenters. The quantitative estimate of drug-likeness (QED) is 0.371. The zero-order valence-electron chi connectivity index (χ0n) is 12.7. The second kappa shape index (κ2) is 8.44. The van der Waals surface area contributed by atoms with Crippen molar-refractivity contribution in [3.05, 3.63) is 90.6 Å². The highest BCUT2D eigenvalue weighted by molar-refractivity contribution is 5.83. The molecule has 0 saturated heterocycles. The van der Waals surface area contributed by atoms with Crippen molar-refractivity contribution in [2.45, 2.75) is 6.42 Å². The fourth-order valence-corrected chi connectivity index (χ4v) is 1.85. The summed E-state index contributed by atoms with van der Waals surface area (Å²) < 4.78 is 4.97. The number of hydrogen-bond acceptors (Lipinski definition) is 4. The lowest BCUT2D eigenvalue weighted by Crippen LogP contribution is -2.01. The van der Waals surface area contributed by atoms with E-state index in [9.17, 15) is 4.79 Å². The number of carbonyl (C=O) groups excluding carboxylic acids is 1. The van der Waals surface area contributed by atoms with E-state index in [-0.39, 0.29) is 0 Å². The van der Waals surface area contributed by atoms with Gasteiger partial charge >= 0.3 is 5.97 Å². The highest BCUT2D eigenvalue weighted by Crippen LogP contribution is 2.08. The third kappa shape index (κ3) is 6.09. The fraction of sp³-hybridized carbons (Fsp3) is 0.0526. The van der Waals surface area contributed by atoms with Crippen LogP contribution in [0.15, 0.2) is 73.0 Å². The van der Waals surface area contributed by atoms with E-state index in [1.165, 1.54) is 12.7 Å². The lowest BCUT2D eigenvalue weighted by atomic mass is 10.1. The second-order valence-corrected chi connectivity index (χ2v) is 4.95. The van der Waals surface area contributed by atoms with E-state index < -0.39 is 5.97 Å². The van der Waals surface area contributed by atoms with Crippen molar-refractivity contribution in [2.24, 2.45) is 0 Å². The first-order chi connectivity index (χ1) is 11.1. The molecule has 0 fully saturated rings. The van der Waals surface area contributed by atoms with Crippen LogP contribution in [-0.4, -0.2) is 5.97 Å². The molecule has 117 valence electrons. The first kappa shape index (κ1) is 16.4. The van der Waals surface area contributed by atoms with E-state index in [1.807, 2.05) is 36.4 Å². The maximum Gasteiger partial charge on any atom is 0.319 e. The number of nitrogens with two attached hydrogens (primary N) is 2. The van der Waals surface area contributed by atoms with Crippen LogP contribution in [0.1, 0.15) is 11.1 Å². The fourth-order valence-electron chi connectivity index (χ4n) is 1.85. The monoisotopic (exact) mass is 307 g/mol. The molecule has 0 amide bonds. The number of carbonyl (C=O) groups is 1. The molecule has 4 N–H and O–H groups in total. The Balaban J connectivity index is 1.71. The van der Waals surface area contributed by atoms with Gasteiger partial charge in [0.25, 0.3) is 0 Å². The molecule has 0 aliphatic heterocycles. The summed E-state index contributed by atoms with van der Waals surface area (Å²) in [6.07, 6.45) is 9.02. The van der Waals surface area contributed by atoms with Crippen LogP contribution in [0.4, 0.5) is 11.4 Å². The van der Waals surface area contributed by atoms with Crippen molar-refractivity contribution in [1.29, 1.82) is 0 Å². The third-order valence-corrected chi connectivity index (χ3v) is 3.06. The van der Waals surface area contributed by atoms with Crippen LogP contribution in [0.2, 0.25) is 0 Å². The van der Waals surface area contributed by atoms with Crippen LogP contribution >= 0.6 is 0 Å². The van der Waals surface area contributed by atoms with Crippen LogP contribution < -0.4 is 11.5 Å². The van der Waals surface area contributed by atoms with Gasteiger partial charge in [-0.1, -0.05) is 36.4 Å². The number of anilines is 2. The smallest absolute Gasteiger partial charge is 0.319 e. The highest BCUT2D eigenvalue weighted by Gasteiger charge is 2.03. The Bertz CT molecular complexity index is 686. The van der Waals surface area contributed by atoms with Crippen molar-refractivity contribution in [3.8, 4) is 0 Å². The van der Waals surface area contributed by atoms with E-state index in [4.69, 9.17) is 16.2 Å². The third-order valence-electron chi connectivity index (χ3n) is 3.06. The average Bonchev–Trinajstić information content (AvgIpc) is 2.54. The van der Waals surface area contributed by atoms with Gasteiger partial charge in [-0.2, -0.15) is 0 Å². The molecular weight excluding hydrogens is 288 g/mol. The molecule has 2 rings (SSSR count). The number of nitrogen functional groups attached to an aromatic ring is 2. The van der Waals surface area contributed by atoms with Crippen LogP contribution in [0, 0.1) is 6.42 Å². The van der Waals surface area contributed by atoms with Crippen LogP contribution in [0.25, 0.3) is 0 Å². The minimum absolute atomic E-state index is 0.432. The molecule has 0 saturated carbocycles. The highest BCUT2D eigenvalue weighted by atomic mass is 16.5. The molecule has 0 spiro atoms. The summed E-state index contributed by atoms with van der Waals surface area (Å²) in [7, 11) is 0. The molecule has 2 aromatic carbocycles. The minimum atomic E-state index is -0.432. The Labute approximate surface area is 136 Å². The Morgan fingerprint density at radius 2 is 1.52 bits per heavy atom. The average molecular weight is 307 g/mol. The molecule has 4 heteroatoms. The summed E-state index contributed by atoms with van der Waals surface area (Å²) in [4.78, 5) is 11.6. The standard InChI is InChI=1S/C19H19N2O2/c20-17-9-5-15(6-10-17)4-2-1-3-13-23-19(22)14-16-7-11-18(21)12-8-16/h1-3,5-14H,4,20-21H2. The normalized spacial score (nSPS) is 11.1. The van der Waals surface area contributed by atoms with Crippen molar-refractivity contribution in [3.63, 3.8) is 0 Å². The maximum atomic E-state index is 11.6. The summed E-state index contributed by atoms with van der Waals surface area (Å²) in [6.45, 7) is 0. The predicted octanol–water partition coefficient (Wildman–Crippen LogP) is 3.26. The van der Waals surface area contributed by atoms with Gasteiger partial charge < -0.3 is 16.2 Å². The van der Waals surface area contributed by atoms with Gasteiger partial charge in [-0.25, -0.2) is 0 Å². The first-order valence-electron chi connectivity index (χ1n) is 7.20. The van der Waals surface area contributed by atoms with E-state index in [2.05, 4.69) is 0 Å². The molecule has 1 radical (unpaired) electrons. The molecule has 0 aliphatic rings. The molecular formula is C19H19N2O2. The molecule has 0 bridgehead atoms. The van der Waals surface area contributed by atoms with Gasteiger partial charge in [-0.3, -0.25) is 4.79 Å². The van der Waals surface area contributed by atoms with Crippen molar-refractivity contribution in [2.75, 3.05) is 11.5 Å². The zero-order valence-corrected chi connectivity index (χ0v) is 12.7. The van der Waals surface area contributed by atoms with Gasteiger partial charge in [-0.15, -0.1) is 0 Å². The van der Waals surface area contributed by atoms with Gasteiger partial charge in [0.1, 0.15) is 0 Å². The summed E-state index contributed by atoms with van der Waals surface area (Å²) in [5.41, 5.74) is 14.5. The summed E-state index contributed by atoms with van der Waals surface area (Å²) in [5.74, 6) is -0.432. The molecule has 0 unspecified atom stereocenters. The van der Waals surface area contributed by atoms with Gasteiger partial charge in [0.2, 0.25) is 0 Å².